The van der Waals surface area contributed by atoms with Crippen molar-refractivity contribution in [2.45, 2.75) is 18.3 Å². The average molecular weight is 447 g/mol. The van der Waals surface area contributed by atoms with Crippen molar-refractivity contribution >= 4 is 27.7 Å². The number of rotatable bonds is 5. The molecule has 0 N–H and O–H groups in total. The topological polar surface area (TPSA) is 71.1 Å². The summed E-state index contributed by atoms with van der Waals surface area (Å²) in [6.07, 6.45) is 0.962. The maximum Gasteiger partial charge on any atom is 0.317 e. The molecule has 1 saturated heterocycles. The number of hydrogen-bond donors (Lipinski definition) is 0. The largest absolute Gasteiger partial charge is 0.457 e. The minimum atomic E-state index is -0.868. The van der Waals surface area contributed by atoms with E-state index in [4.69, 9.17) is 18.9 Å². The van der Waals surface area contributed by atoms with E-state index in [1.54, 1.807) is 24.3 Å². The Morgan fingerprint density at radius 3 is 2.57 bits per heavy atom. The van der Waals surface area contributed by atoms with Crippen LogP contribution in [0.15, 0.2) is 46.9 Å². The Morgan fingerprint density at radius 1 is 1.04 bits per heavy atom. The molecule has 0 aliphatic carbocycles. The molecular weight excluding hydrogens is 428 g/mol. The zero-order chi connectivity index (χ0) is 19.6. The normalized spacial score (nSPS) is 17.2. The summed E-state index contributed by atoms with van der Waals surface area (Å²) in [5.41, 5.74) is 0.408. The average Bonchev–Trinajstić information content (AvgIpc) is 3.20. The van der Waals surface area contributed by atoms with E-state index in [1.807, 2.05) is 18.2 Å². The van der Waals surface area contributed by atoms with Gasteiger partial charge in [0.2, 0.25) is 12.6 Å². The van der Waals surface area contributed by atoms with Crippen LogP contribution in [-0.2, 0) is 19.7 Å². The fourth-order valence-corrected chi connectivity index (χ4v) is 4.06. The van der Waals surface area contributed by atoms with Gasteiger partial charge in [0.15, 0.2) is 18.1 Å². The fourth-order valence-electron chi connectivity index (χ4n) is 3.56. The van der Waals surface area contributed by atoms with Gasteiger partial charge in [-0.2, -0.15) is 0 Å². The number of hydrogen-bond acceptors (Lipinski definition) is 6. The number of esters is 1. The van der Waals surface area contributed by atoms with Crippen LogP contribution in [0.3, 0.4) is 0 Å². The van der Waals surface area contributed by atoms with Gasteiger partial charge in [-0.05, 0) is 36.6 Å². The van der Waals surface area contributed by atoms with Gasteiger partial charge in [0, 0.05) is 23.2 Å². The Morgan fingerprint density at radius 2 is 1.79 bits per heavy atom. The Labute approximate surface area is 170 Å². The second-order valence-electron chi connectivity index (χ2n) is 6.74. The highest BCUT2D eigenvalue weighted by Crippen LogP contribution is 2.41. The van der Waals surface area contributed by atoms with E-state index < -0.39 is 11.4 Å². The Hall–Kier alpha value is -2.38. The maximum atomic E-state index is 13.1. The van der Waals surface area contributed by atoms with Gasteiger partial charge < -0.3 is 18.9 Å². The van der Waals surface area contributed by atoms with Crippen LogP contribution in [0.1, 0.15) is 28.8 Å². The first-order valence-electron chi connectivity index (χ1n) is 9.03. The van der Waals surface area contributed by atoms with Gasteiger partial charge in [0.05, 0.1) is 5.41 Å². The lowest BCUT2D eigenvalue weighted by molar-refractivity contribution is -0.153. The summed E-state index contributed by atoms with van der Waals surface area (Å²) in [5.74, 6) is 0.590. The van der Waals surface area contributed by atoms with Gasteiger partial charge in [-0.3, -0.25) is 9.59 Å². The summed E-state index contributed by atoms with van der Waals surface area (Å²) in [7, 11) is 0. The molecule has 6 nitrogen and oxygen atoms in total. The molecule has 2 aliphatic rings. The lowest BCUT2D eigenvalue weighted by Crippen LogP contribution is -2.43. The van der Waals surface area contributed by atoms with Crippen molar-refractivity contribution in [3.8, 4) is 11.5 Å². The number of benzene rings is 2. The third-order valence-corrected chi connectivity index (χ3v) is 5.86. The molecule has 0 radical (unpaired) electrons. The highest BCUT2D eigenvalue weighted by atomic mass is 79.9. The molecule has 0 amide bonds. The summed E-state index contributed by atoms with van der Waals surface area (Å²) in [6, 6.07) is 12.6. The van der Waals surface area contributed by atoms with Crippen LogP contribution in [0.25, 0.3) is 0 Å². The van der Waals surface area contributed by atoms with E-state index in [0.29, 0.717) is 47.6 Å². The van der Waals surface area contributed by atoms with E-state index in [1.165, 1.54) is 0 Å². The van der Waals surface area contributed by atoms with Crippen LogP contribution in [0.5, 0.6) is 11.5 Å². The van der Waals surface area contributed by atoms with Crippen molar-refractivity contribution in [3.05, 3.63) is 58.1 Å². The standard InChI is InChI=1S/C21H19BrO6/c22-16-4-2-1-3-15(16)17(23)12-26-20(24)21(7-9-25-10-8-21)14-5-6-18-19(11-14)28-13-27-18/h1-6,11H,7-10,12-13H2. The number of carbonyl (C=O) groups is 2. The molecule has 28 heavy (non-hydrogen) atoms. The van der Waals surface area contributed by atoms with Crippen molar-refractivity contribution < 1.29 is 28.5 Å². The molecule has 2 aromatic carbocycles. The second-order valence-corrected chi connectivity index (χ2v) is 7.60. The van der Waals surface area contributed by atoms with Crippen LogP contribution in [0.4, 0.5) is 0 Å². The molecule has 2 aromatic rings. The summed E-state index contributed by atoms with van der Waals surface area (Å²) in [4.78, 5) is 25.6. The van der Waals surface area contributed by atoms with E-state index in [9.17, 15) is 9.59 Å². The number of halogens is 1. The molecule has 0 saturated carbocycles. The lowest BCUT2D eigenvalue weighted by Gasteiger charge is -2.35. The molecular formula is C21H19BrO6. The number of Topliss-reactive ketones (excluding diaryl/α,β-unsaturated/α-hetero) is 1. The Balaban J connectivity index is 1.55. The Bertz CT molecular complexity index is 904. The van der Waals surface area contributed by atoms with Crippen molar-refractivity contribution in [2.24, 2.45) is 0 Å². The monoisotopic (exact) mass is 446 g/mol. The highest BCUT2D eigenvalue weighted by molar-refractivity contribution is 9.10. The van der Waals surface area contributed by atoms with E-state index in [0.717, 1.165) is 5.56 Å². The smallest absolute Gasteiger partial charge is 0.317 e. The molecule has 0 spiro atoms. The molecule has 0 bridgehead atoms. The van der Waals surface area contributed by atoms with Crippen molar-refractivity contribution in [1.82, 2.24) is 0 Å². The van der Waals surface area contributed by atoms with E-state index in [-0.39, 0.29) is 19.2 Å². The molecule has 0 aromatic heterocycles. The van der Waals surface area contributed by atoms with Gasteiger partial charge in [0.1, 0.15) is 0 Å². The minimum absolute atomic E-state index is 0.166. The number of carbonyl (C=O) groups excluding carboxylic acids is 2. The van der Waals surface area contributed by atoms with Crippen LogP contribution in [-0.4, -0.2) is 38.4 Å². The third-order valence-electron chi connectivity index (χ3n) is 5.17. The van der Waals surface area contributed by atoms with Gasteiger partial charge in [-0.25, -0.2) is 0 Å². The summed E-state index contributed by atoms with van der Waals surface area (Å²) in [6.45, 7) is 0.748. The van der Waals surface area contributed by atoms with E-state index in [2.05, 4.69) is 15.9 Å². The SMILES string of the molecule is O=C(COC(=O)C1(c2ccc3c(c2)OCO3)CCOCC1)c1ccccc1Br. The predicted molar refractivity (Wildman–Crippen MR) is 104 cm³/mol. The predicted octanol–water partition coefficient (Wildman–Crippen LogP) is 3.65. The Kier molecular flexibility index (Phi) is 5.37. The van der Waals surface area contributed by atoms with Crippen LogP contribution >= 0.6 is 15.9 Å². The summed E-state index contributed by atoms with van der Waals surface area (Å²) < 4.78 is 22.4. The van der Waals surface area contributed by atoms with Crippen molar-refractivity contribution in [2.75, 3.05) is 26.6 Å². The molecule has 2 aliphatic heterocycles. The lowest BCUT2D eigenvalue weighted by atomic mass is 9.74. The number of ketones is 1. The summed E-state index contributed by atoms with van der Waals surface area (Å²) in [5, 5.41) is 0. The zero-order valence-corrected chi connectivity index (χ0v) is 16.7. The van der Waals surface area contributed by atoms with Gasteiger partial charge >= 0.3 is 5.97 Å². The first-order valence-corrected chi connectivity index (χ1v) is 9.82. The molecule has 0 atom stereocenters. The second kappa shape index (κ2) is 7.93. The minimum Gasteiger partial charge on any atom is -0.457 e. The molecule has 2 heterocycles. The number of fused-ring (bicyclic) bond motifs is 1. The van der Waals surface area contributed by atoms with Crippen LogP contribution in [0, 0.1) is 0 Å². The highest BCUT2D eigenvalue weighted by Gasteiger charge is 2.44. The van der Waals surface area contributed by atoms with Gasteiger partial charge in [0.25, 0.3) is 0 Å². The van der Waals surface area contributed by atoms with Gasteiger partial charge in [-0.1, -0.05) is 40.2 Å². The molecule has 146 valence electrons. The summed E-state index contributed by atoms with van der Waals surface area (Å²) >= 11 is 3.35. The molecule has 7 heteroatoms. The molecule has 4 rings (SSSR count). The van der Waals surface area contributed by atoms with Crippen molar-refractivity contribution in [3.63, 3.8) is 0 Å². The quantitative estimate of drug-likeness (QED) is 0.515. The van der Waals surface area contributed by atoms with Crippen molar-refractivity contribution in [1.29, 1.82) is 0 Å². The van der Waals surface area contributed by atoms with Crippen LogP contribution in [0.2, 0.25) is 0 Å². The zero-order valence-electron chi connectivity index (χ0n) is 15.1. The first kappa shape index (κ1) is 19.0. The molecule has 1 fully saturated rings. The fraction of sp³-hybridized carbons (Fsp3) is 0.333. The third kappa shape index (κ3) is 3.52. The maximum absolute atomic E-state index is 13.1. The number of ether oxygens (including phenoxy) is 4. The van der Waals surface area contributed by atoms with Gasteiger partial charge in [-0.15, -0.1) is 0 Å². The molecule has 0 unspecified atom stereocenters. The first-order chi connectivity index (χ1) is 13.6. The van der Waals surface area contributed by atoms with E-state index >= 15 is 0 Å². The van der Waals surface area contributed by atoms with Crippen LogP contribution < -0.4 is 9.47 Å².